The van der Waals surface area contributed by atoms with Crippen LogP contribution in [0, 0.1) is 0 Å². The Balaban J connectivity index is 1.81. The SMILES string of the molecule is CCCCCCOc1ccc(C(=O)Nc2ccc(OCCC)cc2)cc1. The van der Waals surface area contributed by atoms with E-state index in [9.17, 15) is 4.79 Å². The highest BCUT2D eigenvalue weighted by atomic mass is 16.5. The van der Waals surface area contributed by atoms with Crippen molar-refractivity contribution in [3.63, 3.8) is 0 Å². The number of anilines is 1. The number of carbonyl (C=O) groups excluding carboxylic acids is 1. The molecule has 2 aromatic rings. The van der Waals surface area contributed by atoms with E-state index in [2.05, 4.69) is 19.2 Å². The summed E-state index contributed by atoms with van der Waals surface area (Å²) in [7, 11) is 0. The maximum atomic E-state index is 12.3. The van der Waals surface area contributed by atoms with Crippen LogP contribution in [0.2, 0.25) is 0 Å². The second kappa shape index (κ2) is 11.2. The van der Waals surface area contributed by atoms with Crippen LogP contribution in [-0.2, 0) is 0 Å². The molecule has 0 saturated carbocycles. The van der Waals surface area contributed by atoms with Crippen LogP contribution in [0.15, 0.2) is 48.5 Å². The van der Waals surface area contributed by atoms with Crippen molar-refractivity contribution in [2.24, 2.45) is 0 Å². The molecule has 1 N–H and O–H groups in total. The van der Waals surface area contributed by atoms with Crippen molar-refractivity contribution in [2.75, 3.05) is 18.5 Å². The third-order valence-corrected chi connectivity index (χ3v) is 3.97. The summed E-state index contributed by atoms with van der Waals surface area (Å²) in [6, 6.07) is 14.7. The summed E-state index contributed by atoms with van der Waals surface area (Å²) in [6.07, 6.45) is 5.69. The van der Waals surface area contributed by atoms with E-state index < -0.39 is 0 Å². The highest BCUT2D eigenvalue weighted by molar-refractivity contribution is 6.04. The molecule has 140 valence electrons. The average Bonchev–Trinajstić information content (AvgIpc) is 2.68. The molecular formula is C22H29NO3. The number of rotatable bonds is 11. The maximum Gasteiger partial charge on any atom is 0.255 e. The summed E-state index contributed by atoms with van der Waals surface area (Å²) in [5.41, 5.74) is 1.35. The summed E-state index contributed by atoms with van der Waals surface area (Å²) >= 11 is 0. The molecule has 0 aliphatic rings. The Morgan fingerprint density at radius 3 is 2.00 bits per heavy atom. The van der Waals surface area contributed by atoms with Gasteiger partial charge in [-0.25, -0.2) is 0 Å². The normalized spacial score (nSPS) is 10.4. The molecule has 2 rings (SSSR count). The van der Waals surface area contributed by atoms with E-state index in [1.54, 1.807) is 12.1 Å². The zero-order valence-corrected chi connectivity index (χ0v) is 15.8. The molecule has 0 aromatic heterocycles. The van der Waals surface area contributed by atoms with Gasteiger partial charge >= 0.3 is 0 Å². The Bertz CT molecular complexity index is 650. The quantitative estimate of drug-likeness (QED) is 0.527. The minimum atomic E-state index is -0.137. The minimum Gasteiger partial charge on any atom is -0.494 e. The van der Waals surface area contributed by atoms with E-state index in [4.69, 9.17) is 9.47 Å². The number of hydrogen-bond donors (Lipinski definition) is 1. The van der Waals surface area contributed by atoms with Crippen LogP contribution in [0.3, 0.4) is 0 Å². The number of ether oxygens (including phenoxy) is 2. The third-order valence-electron chi connectivity index (χ3n) is 3.97. The van der Waals surface area contributed by atoms with Crippen LogP contribution in [-0.4, -0.2) is 19.1 Å². The van der Waals surface area contributed by atoms with Gasteiger partial charge in [0.1, 0.15) is 11.5 Å². The molecule has 4 nitrogen and oxygen atoms in total. The lowest BCUT2D eigenvalue weighted by atomic mass is 10.2. The number of benzene rings is 2. The first kappa shape index (κ1) is 19.8. The zero-order chi connectivity index (χ0) is 18.6. The van der Waals surface area contributed by atoms with Gasteiger partial charge in [-0.3, -0.25) is 4.79 Å². The van der Waals surface area contributed by atoms with E-state index in [-0.39, 0.29) is 5.91 Å². The lowest BCUT2D eigenvalue weighted by Crippen LogP contribution is -2.11. The Morgan fingerprint density at radius 1 is 0.769 bits per heavy atom. The van der Waals surface area contributed by atoms with Gasteiger partial charge in [0.25, 0.3) is 5.91 Å². The summed E-state index contributed by atoms with van der Waals surface area (Å²) in [4.78, 5) is 12.3. The first-order valence-electron chi connectivity index (χ1n) is 9.50. The van der Waals surface area contributed by atoms with Crippen molar-refractivity contribution < 1.29 is 14.3 Å². The fourth-order valence-electron chi connectivity index (χ4n) is 2.48. The van der Waals surface area contributed by atoms with Gasteiger partial charge in [-0.15, -0.1) is 0 Å². The average molecular weight is 355 g/mol. The summed E-state index contributed by atoms with van der Waals surface area (Å²) in [5.74, 6) is 1.47. The topological polar surface area (TPSA) is 47.6 Å². The predicted molar refractivity (Wildman–Crippen MR) is 106 cm³/mol. The van der Waals surface area contributed by atoms with E-state index >= 15 is 0 Å². The molecule has 0 fully saturated rings. The Hall–Kier alpha value is -2.49. The molecule has 0 heterocycles. The van der Waals surface area contributed by atoms with Crippen molar-refractivity contribution >= 4 is 11.6 Å². The van der Waals surface area contributed by atoms with Crippen LogP contribution < -0.4 is 14.8 Å². The fourth-order valence-corrected chi connectivity index (χ4v) is 2.48. The standard InChI is InChI=1S/C22H29NO3/c1-3-5-6-7-17-26-20-12-8-18(9-13-20)22(24)23-19-10-14-21(15-11-19)25-16-4-2/h8-15H,3-7,16-17H2,1-2H3,(H,23,24). The van der Waals surface area contributed by atoms with Gasteiger partial charge in [0, 0.05) is 11.3 Å². The van der Waals surface area contributed by atoms with Gasteiger partial charge in [0.05, 0.1) is 13.2 Å². The number of nitrogens with one attached hydrogen (secondary N) is 1. The minimum absolute atomic E-state index is 0.137. The molecule has 0 unspecified atom stereocenters. The van der Waals surface area contributed by atoms with E-state index in [1.165, 1.54) is 19.3 Å². The number of amides is 1. The van der Waals surface area contributed by atoms with Crippen LogP contribution in [0.25, 0.3) is 0 Å². The van der Waals surface area contributed by atoms with Crippen molar-refractivity contribution in [2.45, 2.75) is 46.0 Å². The Labute approximate surface area is 156 Å². The van der Waals surface area contributed by atoms with Gasteiger partial charge in [0.2, 0.25) is 0 Å². The van der Waals surface area contributed by atoms with Gasteiger partial charge in [0.15, 0.2) is 0 Å². The summed E-state index contributed by atoms with van der Waals surface area (Å²) in [6.45, 7) is 5.67. The van der Waals surface area contributed by atoms with Gasteiger partial charge in [-0.2, -0.15) is 0 Å². The van der Waals surface area contributed by atoms with E-state index in [0.717, 1.165) is 36.6 Å². The lowest BCUT2D eigenvalue weighted by Gasteiger charge is -2.09. The summed E-state index contributed by atoms with van der Waals surface area (Å²) in [5, 5.41) is 2.89. The zero-order valence-electron chi connectivity index (χ0n) is 15.8. The van der Waals surface area contributed by atoms with E-state index in [1.807, 2.05) is 36.4 Å². The Kier molecular flexibility index (Phi) is 8.53. The molecule has 0 aliphatic carbocycles. The first-order valence-corrected chi connectivity index (χ1v) is 9.50. The lowest BCUT2D eigenvalue weighted by molar-refractivity contribution is 0.102. The van der Waals surface area contributed by atoms with Crippen LogP contribution in [0.5, 0.6) is 11.5 Å². The maximum absolute atomic E-state index is 12.3. The van der Waals surface area contributed by atoms with Crippen LogP contribution >= 0.6 is 0 Å². The molecule has 26 heavy (non-hydrogen) atoms. The molecular weight excluding hydrogens is 326 g/mol. The van der Waals surface area contributed by atoms with Gasteiger partial charge in [-0.1, -0.05) is 33.1 Å². The number of carbonyl (C=O) groups is 1. The smallest absolute Gasteiger partial charge is 0.255 e. The Morgan fingerprint density at radius 2 is 1.38 bits per heavy atom. The molecule has 4 heteroatoms. The molecule has 2 aromatic carbocycles. The van der Waals surface area contributed by atoms with Gasteiger partial charge < -0.3 is 14.8 Å². The highest BCUT2D eigenvalue weighted by Gasteiger charge is 2.06. The molecule has 1 amide bonds. The molecule has 0 radical (unpaired) electrons. The third kappa shape index (κ3) is 6.79. The molecule has 0 atom stereocenters. The monoisotopic (exact) mass is 355 g/mol. The highest BCUT2D eigenvalue weighted by Crippen LogP contribution is 2.18. The number of unbranched alkanes of at least 4 members (excludes halogenated alkanes) is 3. The molecule has 0 spiro atoms. The second-order valence-electron chi connectivity index (χ2n) is 6.26. The largest absolute Gasteiger partial charge is 0.494 e. The van der Waals surface area contributed by atoms with Crippen LogP contribution in [0.1, 0.15) is 56.3 Å². The van der Waals surface area contributed by atoms with Crippen molar-refractivity contribution in [1.29, 1.82) is 0 Å². The fraction of sp³-hybridized carbons (Fsp3) is 0.409. The van der Waals surface area contributed by atoms with E-state index in [0.29, 0.717) is 12.2 Å². The molecule has 0 saturated heterocycles. The first-order chi connectivity index (χ1) is 12.7. The van der Waals surface area contributed by atoms with Gasteiger partial charge in [-0.05, 0) is 61.4 Å². The van der Waals surface area contributed by atoms with Crippen molar-refractivity contribution in [1.82, 2.24) is 0 Å². The second-order valence-corrected chi connectivity index (χ2v) is 6.26. The van der Waals surface area contributed by atoms with Crippen molar-refractivity contribution in [3.05, 3.63) is 54.1 Å². The molecule has 0 aliphatic heterocycles. The van der Waals surface area contributed by atoms with Crippen molar-refractivity contribution in [3.8, 4) is 11.5 Å². The predicted octanol–water partition coefficient (Wildman–Crippen LogP) is 5.69. The molecule has 0 bridgehead atoms. The number of hydrogen-bond acceptors (Lipinski definition) is 3. The summed E-state index contributed by atoms with van der Waals surface area (Å²) < 4.78 is 11.2. The van der Waals surface area contributed by atoms with Crippen LogP contribution in [0.4, 0.5) is 5.69 Å².